The van der Waals surface area contributed by atoms with Crippen LogP contribution in [0.25, 0.3) is 0 Å². The van der Waals surface area contributed by atoms with Gasteiger partial charge in [-0.05, 0) is 68.2 Å². The van der Waals surface area contributed by atoms with E-state index >= 15 is 0 Å². The fourth-order valence-electron chi connectivity index (χ4n) is 2.88. The van der Waals surface area contributed by atoms with Gasteiger partial charge in [-0.25, -0.2) is 4.79 Å². The van der Waals surface area contributed by atoms with Crippen LogP contribution in [-0.4, -0.2) is 11.1 Å². The summed E-state index contributed by atoms with van der Waals surface area (Å²) in [6.45, 7) is 10.5. The Bertz CT molecular complexity index is 614. The van der Waals surface area contributed by atoms with E-state index in [0.717, 1.165) is 11.6 Å². The van der Waals surface area contributed by atoms with Gasteiger partial charge in [0, 0.05) is 11.1 Å². The molecule has 0 bridgehead atoms. The molecule has 0 unspecified atom stereocenters. The summed E-state index contributed by atoms with van der Waals surface area (Å²) in [5.41, 5.74) is 4.69. The van der Waals surface area contributed by atoms with Crippen molar-refractivity contribution in [2.75, 3.05) is 0 Å². The van der Waals surface area contributed by atoms with Crippen molar-refractivity contribution in [3.8, 4) is 0 Å². The molecule has 2 nitrogen and oxygen atoms in total. The van der Waals surface area contributed by atoms with Crippen LogP contribution in [-0.2, 0) is 4.79 Å². The third-order valence-corrected chi connectivity index (χ3v) is 4.69. The molecule has 0 aromatic heterocycles. The van der Waals surface area contributed by atoms with Crippen molar-refractivity contribution in [2.45, 2.75) is 53.9 Å². The van der Waals surface area contributed by atoms with Crippen LogP contribution in [0.1, 0.15) is 53.9 Å². The van der Waals surface area contributed by atoms with Gasteiger partial charge in [0.2, 0.25) is 0 Å². The number of allylic oxidation sites excluding steroid dienone is 9. The number of hydrogen-bond donors (Lipinski definition) is 1. The number of carbonyl (C=O) groups is 1. The Labute approximate surface area is 144 Å². The predicted octanol–water partition coefficient (Wildman–Crippen LogP) is 6.17. The number of aliphatic carboxylic acids is 1. The highest BCUT2D eigenvalue weighted by Crippen LogP contribution is 2.40. The molecule has 0 atom stereocenters. The lowest BCUT2D eigenvalue weighted by Crippen LogP contribution is -2.19. The molecule has 0 amide bonds. The number of carboxylic acid groups (broad SMARTS) is 1. The maximum absolute atomic E-state index is 10.6. The van der Waals surface area contributed by atoms with Crippen molar-refractivity contribution in [1.29, 1.82) is 0 Å². The van der Waals surface area contributed by atoms with Crippen LogP contribution < -0.4 is 0 Å². The van der Waals surface area contributed by atoms with Crippen molar-refractivity contribution in [3.05, 3.63) is 57.7 Å². The van der Waals surface area contributed by atoms with Gasteiger partial charge in [0.05, 0.1) is 0 Å². The Morgan fingerprint density at radius 2 is 1.87 bits per heavy atom. The molecular formula is C20H27ClO2. The van der Waals surface area contributed by atoms with Crippen molar-refractivity contribution in [3.63, 3.8) is 0 Å². The average molecular weight is 335 g/mol. The highest BCUT2D eigenvalue weighted by Gasteiger charge is 2.26. The van der Waals surface area contributed by atoms with Gasteiger partial charge in [-0.15, -0.1) is 0 Å². The van der Waals surface area contributed by atoms with Crippen LogP contribution in [0.5, 0.6) is 0 Å². The number of halogens is 1. The molecule has 126 valence electrons. The van der Waals surface area contributed by atoms with Gasteiger partial charge < -0.3 is 5.11 Å². The van der Waals surface area contributed by atoms with Crippen molar-refractivity contribution < 1.29 is 9.90 Å². The third kappa shape index (κ3) is 6.23. The quantitative estimate of drug-likeness (QED) is 0.482. The molecule has 0 aromatic rings. The molecule has 23 heavy (non-hydrogen) atoms. The molecule has 1 N–H and O–H groups in total. The molecule has 0 radical (unpaired) electrons. The molecule has 0 saturated heterocycles. The molecule has 0 aromatic carbocycles. The Hall–Kier alpha value is -1.54. The monoisotopic (exact) mass is 334 g/mol. The molecule has 3 heteroatoms. The number of rotatable bonds is 5. The SMILES string of the molecule is CC1=C(/C=C/C(C)=C(Cl)/C=C/C(C)=C/C(=O)O)C(C)(C)CCC1. The Balaban J connectivity index is 2.94. The maximum Gasteiger partial charge on any atom is 0.328 e. The highest BCUT2D eigenvalue weighted by molar-refractivity contribution is 6.31. The highest BCUT2D eigenvalue weighted by atomic mass is 35.5. The van der Waals surface area contributed by atoms with E-state index in [-0.39, 0.29) is 5.41 Å². The van der Waals surface area contributed by atoms with Crippen LogP contribution in [0, 0.1) is 5.41 Å². The molecular weight excluding hydrogens is 308 g/mol. The molecule has 1 aliphatic carbocycles. The van der Waals surface area contributed by atoms with E-state index in [0.29, 0.717) is 10.6 Å². The molecule has 1 aliphatic rings. The lowest BCUT2D eigenvalue weighted by molar-refractivity contribution is -0.131. The molecule has 0 saturated carbocycles. The zero-order chi connectivity index (χ0) is 17.6. The maximum atomic E-state index is 10.6. The first kappa shape index (κ1) is 19.5. The summed E-state index contributed by atoms with van der Waals surface area (Å²) in [4.78, 5) is 10.6. The average Bonchev–Trinajstić information content (AvgIpc) is 2.42. The standard InChI is InChI=1S/C20H27ClO2/c1-14(13-19(22)23)8-11-18(21)16(3)9-10-17-15(2)7-6-12-20(17,4)5/h8-11,13H,6-7,12H2,1-5H3,(H,22,23)/b10-9+,11-8+,14-13+,18-16-. The fraction of sp³-hybridized carbons (Fsp3) is 0.450. The summed E-state index contributed by atoms with van der Waals surface area (Å²) < 4.78 is 0. The predicted molar refractivity (Wildman–Crippen MR) is 98.6 cm³/mol. The normalized spacial score (nSPS) is 20.3. The zero-order valence-corrected chi connectivity index (χ0v) is 15.5. The van der Waals surface area contributed by atoms with Gasteiger partial charge >= 0.3 is 5.97 Å². The largest absolute Gasteiger partial charge is 0.478 e. The fourth-order valence-corrected chi connectivity index (χ4v) is 3.00. The molecule has 0 spiro atoms. The van der Waals surface area contributed by atoms with Gasteiger partial charge in [-0.2, -0.15) is 0 Å². The summed E-state index contributed by atoms with van der Waals surface area (Å²) in [7, 11) is 0. The Morgan fingerprint density at radius 1 is 1.22 bits per heavy atom. The van der Waals surface area contributed by atoms with Crippen LogP contribution in [0.15, 0.2) is 57.7 Å². The summed E-state index contributed by atoms with van der Waals surface area (Å²) in [6, 6.07) is 0. The summed E-state index contributed by atoms with van der Waals surface area (Å²) in [5, 5.41) is 9.31. The summed E-state index contributed by atoms with van der Waals surface area (Å²) in [5.74, 6) is -0.953. The minimum atomic E-state index is -0.953. The lowest BCUT2D eigenvalue weighted by Gasteiger charge is -2.33. The van der Waals surface area contributed by atoms with Gasteiger partial charge in [0.15, 0.2) is 0 Å². The second-order valence-corrected chi connectivity index (χ2v) is 7.26. The lowest BCUT2D eigenvalue weighted by atomic mass is 9.72. The van der Waals surface area contributed by atoms with Crippen molar-refractivity contribution in [1.82, 2.24) is 0 Å². The third-order valence-electron chi connectivity index (χ3n) is 4.26. The second kappa shape index (κ2) is 8.35. The number of hydrogen-bond acceptors (Lipinski definition) is 1. The summed E-state index contributed by atoms with van der Waals surface area (Å²) in [6.07, 6.45) is 12.5. The van der Waals surface area contributed by atoms with Gasteiger partial charge in [-0.1, -0.05) is 49.2 Å². The van der Waals surface area contributed by atoms with Crippen LogP contribution in [0.4, 0.5) is 0 Å². The summed E-state index contributed by atoms with van der Waals surface area (Å²) >= 11 is 6.29. The first-order valence-corrected chi connectivity index (χ1v) is 8.35. The Kier molecular flexibility index (Phi) is 7.08. The van der Waals surface area contributed by atoms with E-state index in [1.54, 1.807) is 19.1 Å². The van der Waals surface area contributed by atoms with Crippen LogP contribution in [0.3, 0.4) is 0 Å². The van der Waals surface area contributed by atoms with Crippen LogP contribution >= 0.6 is 11.6 Å². The van der Waals surface area contributed by atoms with E-state index in [4.69, 9.17) is 16.7 Å². The molecule has 1 rings (SSSR count). The number of carboxylic acids is 1. The first-order chi connectivity index (χ1) is 10.6. The minimum absolute atomic E-state index is 0.211. The van der Waals surface area contributed by atoms with Gasteiger partial charge in [0.1, 0.15) is 0 Å². The van der Waals surface area contributed by atoms with E-state index in [1.807, 2.05) is 6.92 Å². The smallest absolute Gasteiger partial charge is 0.328 e. The zero-order valence-electron chi connectivity index (χ0n) is 14.7. The van der Waals surface area contributed by atoms with E-state index in [1.165, 1.54) is 30.4 Å². The molecule has 0 fully saturated rings. The van der Waals surface area contributed by atoms with Crippen molar-refractivity contribution in [2.24, 2.45) is 5.41 Å². The topological polar surface area (TPSA) is 37.3 Å². The van der Waals surface area contributed by atoms with Crippen molar-refractivity contribution >= 4 is 17.6 Å². The second-order valence-electron chi connectivity index (χ2n) is 6.86. The van der Waals surface area contributed by atoms with Gasteiger partial charge in [0.25, 0.3) is 0 Å². The van der Waals surface area contributed by atoms with Gasteiger partial charge in [-0.3, -0.25) is 0 Å². The van der Waals surface area contributed by atoms with Crippen LogP contribution in [0.2, 0.25) is 0 Å². The minimum Gasteiger partial charge on any atom is -0.478 e. The van der Waals surface area contributed by atoms with E-state index in [2.05, 4.69) is 32.9 Å². The molecule has 0 aliphatic heterocycles. The Morgan fingerprint density at radius 3 is 2.43 bits per heavy atom. The van der Waals surface area contributed by atoms with E-state index < -0.39 is 5.97 Å². The molecule has 0 heterocycles. The first-order valence-electron chi connectivity index (χ1n) is 7.97. The van der Waals surface area contributed by atoms with E-state index in [9.17, 15) is 4.79 Å².